The van der Waals surface area contributed by atoms with E-state index >= 15 is 0 Å². The molecule has 0 amide bonds. The average Bonchev–Trinajstić information content (AvgIpc) is 2.94. The summed E-state index contributed by atoms with van der Waals surface area (Å²) >= 11 is 0. The zero-order valence-corrected chi connectivity index (χ0v) is 11.3. The summed E-state index contributed by atoms with van der Waals surface area (Å²) in [5.74, 6) is -0.839. The van der Waals surface area contributed by atoms with Crippen molar-refractivity contribution in [3.8, 4) is 5.75 Å². The monoisotopic (exact) mass is 294 g/mol. The first kappa shape index (κ1) is 14.8. The Labute approximate surface area is 120 Å². The maximum Gasteiger partial charge on any atom is 0.332 e. The van der Waals surface area contributed by atoms with Crippen molar-refractivity contribution in [1.82, 2.24) is 0 Å². The molecule has 0 radical (unpaired) electrons. The van der Waals surface area contributed by atoms with Gasteiger partial charge in [0.1, 0.15) is 6.61 Å². The number of carbonyl (C=O) groups is 1. The van der Waals surface area contributed by atoms with Crippen molar-refractivity contribution < 1.29 is 24.3 Å². The number of hydrogen-bond acceptors (Lipinski definition) is 6. The van der Waals surface area contributed by atoms with E-state index in [0.29, 0.717) is 12.2 Å². The van der Waals surface area contributed by atoms with E-state index in [9.17, 15) is 14.9 Å². The lowest BCUT2D eigenvalue weighted by molar-refractivity contribution is -0.385. The van der Waals surface area contributed by atoms with Crippen molar-refractivity contribution in [2.45, 2.75) is 19.4 Å². The Morgan fingerprint density at radius 2 is 2.38 bits per heavy atom. The molecule has 0 saturated carbocycles. The lowest BCUT2D eigenvalue weighted by Crippen LogP contribution is -2.18. The van der Waals surface area contributed by atoms with Gasteiger partial charge in [0.15, 0.2) is 11.8 Å². The third kappa shape index (κ3) is 3.28. The zero-order valence-electron chi connectivity index (χ0n) is 11.3. The molecule has 1 aliphatic heterocycles. The summed E-state index contributed by atoms with van der Waals surface area (Å²) in [6.45, 7) is 2.19. The summed E-state index contributed by atoms with van der Waals surface area (Å²) in [6, 6.07) is 3.31. The van der Waals surface area contributed by atoms with Crippen LogP contribution in [0.4, 0.5) is 5.69 Å². The van der Waals surface area contributed by atoms with Crippen molar-refractivity contribution in [1.29, 1.82) is 0 Å². The van der Waals surface area contributed by atoms with E-state index < -0.39 is 16.9 Å². The van der Waals surface area contributed by atoms with Crippen molar-refractivity contribution in [3.05, 3.63) is 33.9 Å². The average molecular weight is 294 g/mol. The Kier molecular flexibility index (Phi) is 4.36. The van der Waals surface area contributed by atoms with Gasteiger partial charge < -0.3 is 14.6 Å². The minimum Gasteiger partial charge on any atom is -0.487 e. The fourth-order valence-electron chi connectivity index (χ4n) is 1.79. The van der Waals surface area contributed by atoms with E-state index in [4.69, 9.17) is 14.6 Å². The topological polar surface area (TPSA) is 111 Å². The summed E-state index contributed by atoms with van der Waals surface area (Å²) in [5.41, 5.74) is 0.153. The molecular weight excluding hydrogens is 280 g/mol. The van der Waals surface area contributed by atoms with Crippen LogP contribution < -0.4 is 4.74 Å². The minimum absolute atomic E-state index is 0.0768. The normalized spacial score (nSPS) is 17.0. The SMILES string of the molecule is CCCOc1ccc(C2=NC(C(=O)O)CO2)cc1[N+](=O)[O-]. The minimum atomic E-state index is -1.10. The van der Waals surface area contributed by atoms with Crippen LogP contribution in [0.1, 0.15) is 18.9 Å². The largest absolute Gasteiger partial charge is 0.487 e. The van der Waals surface area contributed by atoms with Gasteiger partial charge in [-0.1, -0.05) is 6.92 Å². The number of ether oxygens (including phenoxy) is 2. The molecule has 21 heavy (non-hydrogen) atoms. The number of rotatable bonds is 6. The van der Waals surface area contributed by atoms with Crippen LogP contribution in [0.2, 0.25) is 0 Å². The van der Waals surface area contributed by atoms with Gasteiger partial charge in [-0.2, -0.15) is 0 Å². The maximum atomic E-state index is 11.1. The first-order valence-electron chi connectivity index (χ1n) is 6.38. The highest BCUT2D eigenvalue weighted by Gasteiger charge is 2.27. The fraction of sp³-hybridized carbons (Fsp3) is 0.385. The second-order valence-electron chi connectivity index (χ2n) is 4.39. The van der Waals surface area contributed by atoms with Gasteiger partial charge in [-0.05, 0) is 18.6 Å². The fourth-order valence-corrected chi connectivity index (χ4v) is 1.79. The standard InChI is InChI=1S/C13H14N2O6/c1-2-5-20-11-4-3-8(6-10(11)15(18)19)12-14-9(7-21-12)13(16)17/h3-4,6,9H,2,5,7H2,1H3,(H,16,17). The Hall–Kier alpha value is -2.64. The van der Waals surface area contributed by atoms with Crippen molar-refractivity contribution in [3.63, 3.8) is 0 Å². The van der Waals surface area contributed by atoms with Crippen LogP contribution in [0.15, 0.2) is 23.2 Å². The third-order valence-corrected chi connectivity index (χ3v) is 2.80. The summed E-state index contributed by atoms with van der Waals surface area (Å²) in [4.78, 5) is 25.2. The molecule has 112 valence electrons. The molecule has 1 N–H and O–H groups in total. The Balaban J connectivity index is 2.30. The van der Waals surface area contributed by atoms with Gasteiger partial charge in [-0.15, -0.1) is 0 Å². The zero-order chi connectivity index (χ0) is 15.4. The van der Waals surface area contributed by atoms with Gasteiger partial charge in [0, 0.05) is 11.6 Å². The lowest BCUT2D eigenvalue weighted by Gasteiger charge is -2.07. The molecular formula is C13H14N2O6. The van der Waals surface area contributed by atoms with E-state index in [1.54, 1.807) is 6.07 Å². The summed E-state index contributed by atoms with van der Waals surface area (Å²) in [5, 5.41) is 19.9. The first-order chi connectivity index (χ1) is 10.0. The van der Waals surface area contributed by atoms with Gasteiger partial charge in [0.2, 0.25) is 5.90 Å². The molecule has 0 spiro atoms. The summed E-state index contributed by atoms with van der Waals surface area (Å²) in [6.07, 6.45) is 0.731. The molecule has 0 aliphatic carbocycles. The van der Waals surface area contributed by atoms with Crippen LogP contribution in [0.3, 0.4) is 0 Å². The van der Waals surface area contributed by atoms with E-state index in [1.807, 2.05) is 6.92 Å². The summed E-state index contributed by atoms with van der Waals surface area (Å²) in [7, 11) is 0. The second-order valence-corrected chi connectivity index (χ2v) is 4.39. The van der Waals surface area contributed by atoms with E-state index in [0.717, 1.165) is 6.42 Å². The lowest BCUT2D eigenvalue weighted by atomic mass is 10.2. The van der Waals surface area contributed by atoms with E-state index in [1.165, 1.54) is 12.1 Å². The number of carboxylic acids is 1. The molecule has 1 aliphatic rings. The third-order valence-electron chi connectivity index (χ3n) is 2.80. The molecule has 0 saturated heterocycles. The number of hydrogen-bond donors (Lipinski definition) is 1. The number of carboxylic acid groups (broad SMARTS) is 1. The molecule has 8 nitrogen and oxygen atoms in total. The quantitative estimate of drug-likeness (QED) is 0.630. The second kappa shape index (κ2) is 6.21. The molecule has 0 fully saturated rings. The maximum absolute atomic E-state index is 11.1. The molecule has 0 aromatic heterocycles. The Bertz CT molecular complexity index is 598. The first-order valence-corrected chi connectivity index (χ1v) is 6.38. The highest BCUT2D eigenvalue weighted by Crippen LogP contribution is 2.29. The van der Waals surface area contributed by atoms with Crippen LogP contribution in [-0.4, -0.2) is 41.2 Å². The van der Waals surface area contributed by atoms with Crippen LogP contribution in [0.5, 0.6) is 5.75 Å². The Morgan fingerprint density at radius 3 is 2.95 bits per heavy atom. The van der Waals surface area contributed by atoms with Crippen molar-refractivity contribution >= 4 is 17.6 Å². The number of nitro benzene ring substituents is 1. The number of benzene rings is 1. The van der Waals surface area contributed by atoms with Gasteiger partial charge in [-0.3, -0.25) is 10.1 Å². The van der Waals surface area contributed by atoms with Crippen LogP contribution >= 0.6 is 0 Å². The number of nitrogens with zero attached hydrogens (tertiary/aromatic N) is 2. The highest BCUT2D eigenvalue weighted by atomic mass is 16.6. The van der Waals surface area contributed by atoms with Crippen molar-refractivity contribution in [2.75, 3.05) is 13.2 Å². The molecule has 1 unspecified atom stereocenters. The highest BCUT2D eigenvalue weighted by molar-refractivity contribution is 5.98. The predicted octanol–water partition coefficient (Wildman–Crippen LogP) is 1.61. The number of nitro groups is 1. The summed E-state index contributed by atoms with van der Waals surface area (Å²) < 4.78 is 10.5. The van der Waals surface area contributed by atoms with E-state index in [-0.39, 0.29) is 23.9 Å². The van der Waals surface area contributed by atoms with Gasteiger partial charge in [0.25, 0.3) is 0 Å². The van der Waals surface area contributed by atoms with Crippen LogP contribution in [0.25, 0.3) is 0 Å². The van der Waals surface area contributed by atoms with Gasteiger partial charge in [-0.25, -0.2) is 9.79 Å². The molecule has 1 aromatic rings. The number of aliphatic imine (C=N–C) groups is 1. The van der Waals surface area contributed by atoms with Crippen molar-refractivity contribution in [2.24, 2.45) is 4.99 Å². The van der Waals surface area contributed by atoms with Gasteiger partial charge >= 0.3 is 11.7 Å². The molecule has 1 atom stereocenters. The van der Waals surface area contributed by atoms with E-state index in [2.05, 4.69) is 4.99 Å². The molecule has 2 rings (SSSR count). The smallest absolute Gasteiger partial charge is 0.332 e. The molecule has 8 heteroatoms. The van der Waals surface area contributed by atoms with Crippen LogP contribution in [0, 0.1) is 10.1 Å². The van der Waals surface area contributed by atoms with Crippen LogP contribution in [-0.2, 0) is 9.53 Å². The number of aliphatic carboxylic acids is 1. The molecule has 1 aromatic carbocycles. The molecule has 1 heterocycles. The van der Waals surface area contributed by atoms with Gasteiger partial charge in [0.05, 0.1) is 11.5 Å². The molecule has 0 bridgehead atoms. The predicted molar refractivity (Wildman–Crippen MR) is 72.8 cm³/mol. The Morgan fingerprint density at radius 1 is 1.62 bits per heavy atom.